The fourth-order valence-electron chi connectivity index (χ4n) is 2.59. The maximum atomic E-state index is 12.1. The summed E-state index contributed by atoms with van der Waals surface area (Å²) in [6, 6.07) is 13.7. The second-order valence-corrected chi connectivity index (χ2v) is 6.48. The summed E-state index contributed by atoms with van der Waals surface area (Å²) in [6.45, 7) is 6.39. The van der Waals surface area contributed by atoms with Crippen molar-refractivity contribution in [3.63, 3.8) is 0 Å². The number of halogens is 1. The average Bonchev–Trinajstić information content (AvgIpc) is 2.51. The summed E-state index contributed by atoms with van der Waals surface area (Å²) in [7, 11) is 0. The van der Waals surface area contributed by atoms with Crippen LogP contribution in [0.3, 0.4) is 0 Å². The van der Waals surface area contributed by atoms with Gasteiger partial charge in [-0.05, 0) is 68.5 Å². The minimum absolute atomic E-state index is 0.103. The maximum absolute atomic E-state index is 12.1. The Morgan fingerprint density at radius 2 is 1.83 bits per heavy atom. The van der Waals surface area contributed by atoms with Crippen LogP contribution in [-0.4, -0.2) is 18.6 Å². The first-order valence-electron chi connectivity index (χ1n) is 8.22. The molecule has 0 aliphatic carbocycles. The molecule has 0 aromatic heterocycles. The highest BCUT2D eigenvalue weighted by Gasteiger charge is 2.14. The van der Waals surface area contributed by atoms with Crippen LogP contribution in [0.4, 0.5) is 0 Å². The number of amides is 1. The maximum Gasteiger partial charge on any atom is 0.260 e. The smallest absolute Gasteiger partial charge is 0.260 e. The zero-order valence-electron chi connectivity index (χ0n) is 14.4. The number of nitrogens with one attached hydrogen (secondary N) is 1. The Kier molecular flexibility index (Phi) is 6.68. The zero-order valence-corrected chi connectivity index (χ0v) is 15.2. The van der Waals surface area contributed by atoms with Crippen molar-refractivity contribution < 1.29 is 9.53 Å². The number of ether oxygens (including phenoxy) is 1. The van der Waals surface area contributed by atoms with E-state index in [1.165, 1.54) is 0 Å². The fourth-order valence-corrected chi connectivity index (χ4v) is 2.82. The fraction of sp³-hybridized carbons (Fsp3) is 0.350. The minimum atomic E-state index is -0.522. The van der Waals surface area contributed by atoms with Gasteiger partial charge in [0.15, 0.2) is 6.10 Å². The van der Waals surface area contributed by atoms with E-state index in [0.717, 1.165) is 40.3 Å². The van der Waals surface area contributed by atoms with Crippen LogP contribution < -0.4 is 10.1 Å². The van der Waals surface area contributed by atoms with Crippen molar-refractivity contribution in [2.75, 3.05) is 6.54 Å². The quantitative estimate of drug-likeness (QED) is 0.752. The summed E-state index contributed by atoms with van der Waals surface area (Å²) < 4.78 is 5.74. The van der Waals surface area contributed by atoms with Gasteiger partial charge in [-0.3, -0.25) is 4.79 Å². The van der Waals surface area contributed by atoms with Crippen molar-refractivity contribution in [1.82, 2.24) is 5.32 Å². The lowest BCUT2D eigenvalue weighted by molar-refractivity contribution is -0.127. The Balaban J connectivity index is 1.76. The largest absolute Gasteiger partial charge is 0.481 e. The normalized spacial score (nSPS) is 11.8. The Morgan fingerprint density at radius 3 is 2.50 bits per heavy atom. The topological polar surface area (TPSA) is 38.3 Å². The molecule has 0 bridgehead atoms. The number of hydrogen-bond acceptors (Lipinski definition) is 2. The van der Waals surface area contributed by atoms with E-state index in [0.29, 0.717) is 6.54 Å². The van der Waals surface area contributed by atoms with Crippen molar-refractivity contribution in [2.24, 2.45) is 0 Å². The van der Waals surface area contributed by atoms with Gasteiger partial charge in [0.1, 0.15) is 5.75 Å². The molecule has 128 valence electrons. The average molecular weight is 346 g/mol. The van der Waals surface area contributed by atoms with Gasteiger partial charge in [0.25, 0.3) is 5.91 Å². The van der Waals surface area contributed by atoms with E-state index in [1.54, 1.807) is 6.92 Å². The van der Waals surface area contributed by atoms with Gasteiger partial charge in [-0.25, -0.2) is 0 Å². The van der Waals surface area contributed by atoms with E-state index in [4.69, 9.17) is 16.3 Å². The second kappa shape index (κ2) is 8.74. The molecule has 0 saturated carbocycles. The van der Waals surface area contributed by atoms with Crippen LogP contribution >= 0.6 is 11.6 Å². The molecular weight excluding hydrogens is 322 g/mol. The monoisotopic (exact) mass is 345 g/mol. The standard InChI is InChI=1S/C20H24ClNO2/c1-14-11-15(2)13-18(12-14)24-16(3)20(23)22-10-6-8-17-7-4-5-9-19(17)21/h4-5,7,9,11-13,16H,6,8,10H2,1-3H3,(H,22,23)/t16-/m0/s1. The van der Waals surface area contributed by atoms with Crippen LogP contribution in [0.5, 0.6) is 5.75 Å². The number of benzene rings is 2. The van der Waals surface area contributed by atoms with Gasteiger partial charge >= 0.3 is 0 Å². The molecule has 24 heavy (non-hydrogen) atoms. The number of aryl methyl sites for hydroxylation is 3. The molecule has 1 N–H and O–H groups in total. The van der Waals surface area contributed by atoms with Crippen LogP contribution in [-0.2, 0) is 11.2 Å². The summed E-state index contributed by atoms with van der Waals surface area (Å²) >= 11 is 6.12. The van der Waals surface area contributed by atoms with E-state index >= 15 is 0 Å². The Morgan fingerprint density at radius 1 is 1.17 bits per heavy atom. The van der Waals surface area contributed by atoms with E-state index in [1.807, 2.05) is 50.2 Å². The van der Waals surface area contributed by atoms with E-state index in [2.05, 4.69) is 11.4 Å². The molecule has 0 aliphatic rings. The third-order valence-corrected chi connectivity index (χ3v) is 4.13. The molecule has 0 fully saturated rings. The predicted molar refractivity (Wildman–Crippen MR) is 98.8 cm³/mol. The summed E-state index contributed by atoms with van der Waals surface area (Å²) in [5.74, 6) is 0.625. The molecule has 0 spiro atoms. The third-order valence-electron chi connectivity index (χ3n) is 3.76. The Labute approximate surface area is 149 Å². The molecule has 2 aromatic rings. The lowest BCUT2D eigenvalue weighted by Gasteiger charge is -2.15. The molecule has 2 rings (SSSR count). The molecule has 0 unspecified atom stereocenters. The second-order valence-electron chi connectivity index (χ2n) is 6.07. The van der Waals surface area contributed by atoms with Crippen molar-refractivity contribution in [2.45, 2.75) is 39.7 Å². The van der Waals surface area contributed by atoms with Gasteiger partial charge in [0.2, 0.25) is 0 Å². The Hall–Kier alpha value is -2.00. The summed E-state index contributed by atoms with van der Waals surface area (Å²) in [4.78, 5) is 12.1. The molecular formula is C20H24ClNO2. The lowest BCUT2D eigenvalue weighted by atomic mass is 10.1. The molecule has 0 aliphatic heterocycles. The van der Waals surface area contributed by atoms with E-state index < -0.39 is 6.10 Å². The van der Waals surface area contributed by atoms with Crippen LogP contribution in [0.1, 0.15) is 30.0 Å². The molecule has 1 amide bonds. The molecule has 3 nitrogen and oxygen atoms in total. The number of hydrogen-bond donors (Lipinski definition) is 1. The van der Waals surface area contributed by atoms with Gasteiger partial charge in [-0.1, -0.05) is 35.9 Å². The molecule has 0 heterocycles. The first kappa shape index (κ1) is 18.3. The van der Waals surface area contributed by atoms with Gasteiger partial charge < -0.3 is 10.1 Å². The summed E-state index contributed by atoms with van der Waals surface area (Å²) in [5.41, 5.74) is 3.35. The van der Waals surface area contributed by atoms with Crippen molar-refractivity contribution in [1.29, 1.82) is 0 Å². The molecule has 4 heteroatoms. The van der Waals surface area contributed by atoms with Crippen LogP contribution in [0.15, 0.2) is 42.5 Å². The highest BCUT2D eigenvalue weighted by molar-refractivity contribution is 6.31. The molecule has 0 radical (unpaired) electrons. The molecule has 1 atom stereocenters. The first-order chi connectivity index (χ1) is 11.5. The first-order valence-corrected chi connectivity index (χ1v) is 8.59. The van der Waals surface area contributed by atoms with Crippen molar-refractivity contribution >= 4 is 17.5 Å². The van der Waals surface area contributed by atoms with Crippen LogP contribution in [0, 0.1) is 13.8 Å². The van der Waals surface area contributed by atoms with E-state index in [-0.39, 0.29) is 5.91 Å². The minimum Gasteiger partial charge on any atom is -0.481 e. The van der Waals surface area contributed by atoms with Crippen molar-refractivity contribution in [3.8, 4) is 5.75 Å². The third kappa shape index (κ3) is 5.57. The zero-order chi connectivity index (χ0) is 17.5. The van der Waals surface area contributed by atoms with Crippen molar-refractivity contribution in [3.05, 3.63) is 64.2 Å². The Bertz CT molecular complexity index is 680. The van der Waals surface area contributed by atoms with E-state index in [9.17, 15) is 4.79 Å². The SMILES string of the molecule is Cc1cc(C)cc(O[C@@H](C)C(=O)NCCCc2ccccc2Cl)c1. The van der Waals surface area contributed by atoms with Crippen LogP contribution in [0.2, 0.25) is 5.02 Å². The summed E-state index contributed by atoms with van der Waals surface area (Å²) in [5, 5.41) is 3.69. The summed E-state index contributed by atoms with van der Waals surface area (Å²) in [6.07, 6.45) is 1.16. The molecule has 0 saturated heterocycles. The number of carbonyl (C=O) groups excluding carboxylic acids is 1. The number of carbonyl (C=O) groups is 1. The van der Waals surface area contributed by atoms with Gasteiger partial charge in [0, 0.05) is 11.6 Å². The van der Waals surface area contributed by atoms with Crippen LogP contribution in [0.25, 0.3) is 0 Å². The van der Waals surface area contributed by atoms with Gasteiger partial charge in [-0.2, -0.15) is 0 Å². The highest BCUT2D eigenvalue weighted by Crippen LogP contribution is 2.18. The van der Waals surface area contributed by atoms with Gasteiger partial charge in [0.05, 0.1) is 0 Å². The predicted octanol–water partition coefficient (Wildman–Crippen LogP) is 4.47. The lowest BCUT2D eigenvalue weighted by Crippen LogP contribution is -2.37. The van der Waals surface area contributed by atoms with Gasteiger partial charge in [-0.15, -0.1) is 0 Å². The highest BCUT2D eigenvalue weighted by atomic mass is 35.5. The molecule has 2 aromatic carbocycles. The number of rotatable bonds is 7.